The topological polar surface area (TPSA) is 125 Å². The van der Waals surface area contributed by atoms with Crippen LogP contribution in [0.5, 0.6) is 5.88 Å². The van der Waals surface area contributed by atoms with E-state index in [1.807, 2.05) is 50.4 Å². The summed E-state index contributed by atoms with van der Waals surface area (Å²) in [7, 11) is 1.86. The molecule has 4 aromatic heterocycles. The van der Waals surface area contributed by atoms with Gasteiger partial charge < -0.3 is 29.3 Å². The first-order valence-electron chi connectivity index (χ1n) is 17.1. The fourth-order valence-electron chi connectivity index (χ4n) is 4.86. The lowest BCUT2D eigenvalue weighted by atomic mass is 10.1. The van der Waals surface area contributed by atoms with Crippen LogP contribution < -0.4 is 15.4 Å². The number of aromatic nitrogens is 4. The summed E-state index contributed by atoms with van der Waals surface area (Å²) in [5.41, 5.74) is 5.84. The van der Waals surface area contributed by atoms with Gasteiger partial charge in [-0.15, -0.1) is 0 Å². The maximum atomic E-state index is 10.4. The van der Waals surface area contributed by atoms with Gasteiger partial charge in [-0.3, -0.25) is 9.20 Å². The zero-order valence-electron chi connectivity index (χ0n) is 29.4. The average Bonchev–Trinajstić information content (AvgIpc) is 3.76. The van der Waals surface area contributed by atoms with Gasteiger partial charge in [0, 0.05) is 49.9 Å². The van der Waals surface area contributed by atoms with Gasteiger partial charge in [-0.1, -0.05) is 56.3 Å². The molecule has 0 radical (unpaired) electrons. The highest BCUT2D eigenvalue weighted by Gasteiger charge is 2.06. The highest BCUT2D eigenvalue weighted by molar-refractivity contribution is 5.78. The van der Waals surface area contributed by atoms with Crippen molar-refractivity contribution >= 4 is 28.7 Å². The van der Waals surface area contributed by atoms with E-state index in [4.69, 9.17) is 18.6 Å². The highest BCUT2D eigenvalue weighted by Crippen LogP contribution is 2.22. The van der Waals surface area contributed by atoms with Crippen molar-refractivity contribution in [1.82, 2.24) is 24.7 Å². The Morgan fingerprint density at radius 3 is 2.40 bits per heavy atom. The van der Waals surface area contributed by atoms with Crippen molar-refractivity contribution in [2.75, 3.05) is 51.9 Å². The standard InChI is InChI=1S/C29H35N3O4.C8H7N3O.C2H6/c1-30-26-10-12-29(32-22-26)35-18-17-34-16-15-33-14-13-31-21-24-7-9-25-20-27(36-28(25)19-24)11-8-23-5-3-2-4-6-23;1-6-4-9-8-10-7(5-12)2-3-11(6)8;1-2/h2-7,9-10,12,19-20,22,30-31H,8,11,13-18,21H2,1H3;2-5H,1H3;1-2H3. The molecule has 0 unspecified atom stereocenters. The van der Waals surface area contributed by atoms with Crippen LogP contribution in [-0.2, 0) is 28.9 Å². The Morgan fingerprint density at radius 2 is 1.64 bits per heavy atom. The molecule has 0 saturated heterocycles. The second-order valence-electron chi connectivity index (χ2n) is 11.0. The number of nitrogens with one attached hydrogen (secondary N) is 2. The quantitative estimate of drug-likeness (QED) is 0.0791. The molecule has 4 heterocycles. The van der Waals surface area contributed by atoms with Gasteiger partial charge in [0.15, 0.2) is 6.29 Å². The third kappa shape index (κ3) is 12.1. The van der Waals surface area contributed by atoms with Crippen LogP contribution in [0.1, 0.15) is 46.9 Å². The molecular weight excluding hydrogens is 632 g/mol. The first kappa shape index (κ1) is 37.7. The zero-order chi connectivity index (χ0) is 35.4. The van der Waals surface area contributed by atoms with Gasteiger partial charge >= 0.3 is 0 Å². The summed E-state index contributed by atoms with van der Waals surface area (Å²) in [6, 6.07) is 24.5. The summed E-state index contributed by atoms with van der Waals surface area (Å²) >= 11 is 0. The van der Waals surface area contributed by atoms with E-state index >= 15 is 0 Å². The average molecular weight is 681 g/mol. The van der Waals surface area contributed by atoms with Gasteiger partial charge in [0.2, 0.25) is 11.7 Å². The highest BCUT2D eigenvalue weighted by atomic mass is 16.5. The number of aldehydes is 1. The lowest BCUT2D eigenvalue weighted by molar-refractivity contribution is 0.0367. The van der Waals surface area contributed by atoms with E-state index in [-0.39, 0.29) is 0 Å². The molecule has 0 amide bonds. The Hall–Kier alpha value is -5.10. The van der Waals surface area contributed by atoms with Gasteiger partial charge in [0.05, 0.1) is 44.5 Å². The molecule has 0 aliphatic rings. The number of hydrogen-bond donors (Lipinski definition) is 2. The molecule has 6 rings (SSSR count). The second-order valence-corrected chi connectivity index (χ2v) is 11.0. The van der Waals surface area contributed by atoms with Crippen LogP contribution in [0.4, 0.5) is 5.69 Å². The summed E-state index contributed by atoms with van der Waals surface area (Å²) in [5, 5.41) is 7.59. The number of rotatable bonds is 17. The molecular formula is C39H48N6O5. The van der Waals surface area contributed by atoms with Crippen molar-refractivity contribution < 1.29 is 23.4 Å². The van der Waals surface area contributed by atoms with Crippen molar-refractivity contribution in [2.24, 2.45) is 0 Å². The zero-order valence-corrected chi connectivity index (χ0v) is 29.4. The maximum absolute atomic E-state index is 10.4. The predicted molar refractivity (Wildman–Crippen MR) is 197 cm³/mol. The molecule has 50 heavy (non-hydrogen) atoms. The molecule has 264 valence electrons. The lowest BCUT2D eigenvalue weighted by Crippen LogP contribution is -2.20. The molecule has 0 aliphatic carbocycles. The van der Waals surface area contributed by atoms with Crippen LogP contribution in [0.15, 0.2) is 95.8 Å². The minimum atomic E-state index is 0.410. The van der Waals surface area contributed by atoms with Gasteiger partial charge in [-0.2, -0.15) is 0 Å². The number of pyridine rings is 1. The van der Waals surface area contributed by atoms with Crippen molar-refractivity contribution in [1.29, 1.82) is 0 Å². The minimum Gasteiger partial charge on any atom is -0.475 e. The number of anilines is 1. The molecule has 0 aliphatic heterocycles. The van der Waals surface area contributed by atoms with Crippen molar-refractivity contribution in [3.8, 4) is 5.88 Å². The SMILES string of the molecule is CC.CNc1ccc(OCCOCCOCCNCc2ccc3cc(CCc4ccccc4)oc3c2)nc1.Cc1cnc2nc(C=O)ccn12. The lowest BCUT2D eigenvalue weighted by Gasteiger charge is -2.08. The van der Waals surface area contributed by atoms with Crippen molar-refractivity contribution in [3.05, 3.63) is 120 Å². The van der Waals surface area contributed by atoms with Gasteiger partial charge in [0.1, 0.15) is 23.6 Å². The van der Waals surface area contributed by atoms with E-state index in [9.17, 15) is 4.79 Å². The van der Waals surface area contributed by atoms with Crippen LogP contribution in [0, 0.1) is 6.92 Å². The molecule has 0 atom stereocenters. The normalized spacial score (nSPS) is 10.6. The molecule has 0 fully saturated rings. The number of furan rings is 1. The maximum Gasteiger partial charge on any atom is 0.234 e. The molecule has 0 bridgehead atoms. The number of benzene rings is 2. The monoisotopic (exact) mass is 680 g/mol. The van der Waals surface area contributed by atoms with Gasteiger partial charge in [-0.05, 0) is 48.7 Å². The largest absolute Gasteiger partial charge is 0.475 e. The van der Waals surface area contributed by atoms with Gasteiger partial charge in [0.25, 0.3) is 0 Å². The van der Waals surface area contributed by atoms with Crippen LogP contribution in [0.3, 0.4) is 0 Å². The molecule has 0 spiro atoms. The predicted octanol–water partition coefficient (Wildman–Crippen LogP) is 6.73. The van der Waals surface area contributed by atoms with E-state index in [0.717, 1.165) is 54.0 Å². The summed E-state index contributed by atoms with van der Waals surface area (Å²) in [6.07, 6.45) is 7.84. The third-order valence-corrected chi connectivity index (χ3v) is 7.47. The number of ether oxygens (including phenoxy) is 3. The number of aryl methyl sites for hydroxylation is 3. The smallest absolute Gasteiger partial charge is 0.234 e. The minimum absolute atomic E-state index is 0.410. The fraction of sp³-hybridized carbons (Fsp3) is 0.333. The molecule has 6 aromatic rings. The molecule has 2 aromatic carbocycles. The van der Waals surface area contributed by atoms with Crippen LogP contribution in [-0.4, -0.2) is 72.3 Å². The molecule has 2 N–H and O–H groups in total. The number of carbonyl (C=O) groups is 1. The van der Waals surface area contributed by atoms with E-state index in [0.29, 0.717) is 56.7 Å². The number of carbonyl (C=O) groups excluding carboxylic acids is 1. The summed E-state index contributed by atoms with van der Waals surface area (Å²) in [4.78, 5) is 22.6. The number of nitrogens with zero attached hydrogens (tertiary/aromatic N) is 4. The molecule has 0 saturated carbocycles. The first-order chi connectivity index (χ1) is 24.6. The Bertz CT molecular complexity index is 1840. The van der Waals surface area contributed by atoms with E-state index in [1.54, 1.807) is 24.7 Å². The molecule has 11 nitrogen and oxygen atoms in total. The fourth-order valence-corrected chi connectivity index (χ4v) is 4.86. The summed E-state index contributed by atoms with van der Waals surface area (Å²) in [5.74, 6) is 2.19. The van der Waals surface area contributed by atoms with Crippen molar-refractivity contribution in [2.45, 2.75) is 40.2 Å². The molecule has 11 heteroatoms. The third-order valence-electron chi connectivity index (χ3n) is 7.47. The van der Waals surface area contributed by atoms with E-state index in [2.05, 4.69) is 74.1 Å². The first-order valence-corrected chi connectivity index (χ1v) is 17.1. The summed E-state index contributed by atoms with van der Waals surface area (Å²) < 4.78 is 24.6. The Morgan fingerprint density at radius 1 is 0.840 bits per heavy atom. The Labute approximate surface area is 294 Å². The van der Waals surface area contributed by atoms with Crippen LogP contribution >= 0.6 is 0 Å². The van der Waals surface area contributed by atoms with Crippen LogP contribution in [0.2, 0.25) is 0 Å². The van der Waals surface area contributed by atoms with Gasteiger partial charge in [-0.25, -0.2) is 15.0 Å². The number of hydrogen-bond acceptors (Lipinski definition) is 10. The van der Waals surface area contributed by atoms with Crippen molar-refractivity contribution in [3.63, 3.8) is 0 Å². The summed E-state index contributed by atoms with van der Waals surface area (Å²) in [6.45, 7) is 10.2. The Kier molecular flexibility index (Phi) is 15.9. The number of fused-ring (bicyclic) bond motifs is 2. The Balaban J connectivity index is 0.000000334. The van der Waals surface area contributed by atoms with E-state index in [1.165, 1.54) is 11.1 Å². The second kappa shape index (κ2) is 21.1. The van der Waals surface area contributed by atoms with Crippen LogP contribution in [0.25, 0.3) is 16.7 Å². The number of imidazole rings is 1. The van der Waals surface area contributed by atoms with E-state index < -0.39 is 0 Å².